The molecule has 0 radical (unpaired) electrons. The standard InChI is InChI=1S/C28H31N3O6/c1-5-21-25(32)26(33)24(28(35)37-21)30-27(34)20(14-29)15(2)22-10-11-23(36-22)18-7-6-17-13-19(31(3)4)9-8-16(17)12-18/h6-13,21,24-26,28,32-33,35H,5H2,1-4H3,(H,30,34)/b20-15+/t21-,24?,25-,26-,28?/m1/s1. The lowest BCUT2D eigenvalue weighted by molar-refractivity contribution is -0.247. The van der Waals surface area contributed by atoms with Crippen LogP contribution in [0.3, 0.4) is 0 Å². The monoisotopic (exact) mass is 505 g/mol. The van der Waals surface area contributed by atoms with Crippen molar-refractivity contribution in [2.75, 3.05) is 19.0 Å². The molecule has 1 aliphatic heterocycles. The van der Waals surface area contributed by atoms with Gasteiger partial charge in [-0.15, -0.1) is 0 Å². The zero-order chi connectivity index (χ0) is 26.9. The highest BCUT2D eigenvalue weighted by Gasteiger charge is 2.44. The molecule has 1 fully saturated rings. The fraction of sp³-hybridized carbons (Fsp3) is 0.357. The Bertz CT molecular complexity index is 1370. The molecule has 9 heteroatoms. The average molecular weight is 506 g/mol. The van der Waals surface area contributed by atoms with Gasteiger partial charge < -0.3 is 34.7 Å². The molecule has 5 atom stereocenters. The number of aliphatic hydroxyl groups excluding tert-OH is 3. The summed E-state index contributed by atoms with van der Waals surface area (Å²) in [6.45, 7) is 3.32. The van der Waals surface area contributed by atoms with Crippen molar-refractivity contribution in [3.8, 4) is 17.4 Å². The van der Waals surface area contributed by atoms with Crippen molar-refractivity contribution in [2.45, 2.75) is 50.9 Å². The summed E-state index contributed by atoms with van der Waals surface area (Å²) >= 11 is 0. The fourth-order valence-electron chi connectivity index (χ4n) is 4.45. The molecule has 0 saturated carbocycles. The van der Waals surface area contributed by atoms with E-state index in [1.54, 1.807) is 26.0 Å². The highest BCUT2D eigenvalue weighted by molar-refractivity contribution is 6.04. The maximum absolute atomic E-state index is 12.9. The van der Waals surface area contributed by atoms with E-state index >= 15 is 0 Å². The number of aliphatic hydroxyl groups is 3. The molecule has 2 unspecified atom stereocenters. The van der Waals surface area contributed by atoms with Crippen molar-refractivity contribution in [1.82, 2.24) is 5.32 Å². The van der Waals surface area contributed by atoms with Gasteiger partial charge in [-0.05, 0) is 54.4 Å². The summed E-state index contributed by atoms with van der Waals surface area (Å²) in [5.41, 5.74) is 1.98. The number of carbonyl (C=O) groups is 1. The van der Waals surface area contributed by atoms with Crippen LogP contribution in [0.15, 0.2) is 58.5 Å². The molecule has 2 heterocycles. The maximum Gasteiger partial charge on any atom is 0.262 e. The Balaban J connectivity index is 1.56. The smallest absolute Gasteiger partial charge is 0.262 e. The number of furan rings is 1. The van der Waals surface area contributed by atoms with Gasteiger partial charge in [0.15, 0.2) is 6.29 Å². The van der Waals surface area contributed by atoms with Crippen LogP contribution in [0.2, 0.25) is 0 Å². The molecule has 0 spiro atoms. The average Bonchev–Trinajstić information content (AvgIpc) is 3.39. The quantitative estimate of drug-likeness (QED) is 0.296. The first-order valence-corrected chi connectivity index (χ1v) is 12.1. The van der Waals surface area contributed by atoms with Gasteiger partial charge in [0.25, 0.3) is 5.91 Å². The molecule has 9 nitrogen and oxygen atoms in total. The first kappa shape index (κ1) is 26.4. The third-order valence-electron chi connectivity index (χ3n) is 6.73. The van der Waals surface area contributed by atoms with Gasteiger partial charge in [-0.1, -0.05) is 25.1 Å². The number of amides is 1. The van der Waals surface area contributed by atoms with E-state index in [1.807, 2.05) is 55.4 Å². The van der Waals surface area contributed by atoms with Crippen molar-refractivity contribution < 1.29 is 29.3 Å². The van der Waals surface area contributed by atoms with E-state index in [0.29, 0.717) is 17.9 Å². The third-order valence-corrected chi connectivity index (χ3v) is 6.73. The van der Waals surface area contributed by atoms with Gasteiger partial charge in [0.2, 0.25) is 0 Å². The van der Waals surface area contributed by atoms with Gasteiger partial charge in [0.1, 0.15) is 41.4 Å². The molecule has 194 valence electrons. The number of nitriles is 1. The van der Waals surface area contributed by atoms with Gasteiger partial charge in [-0.2, -0.15) is 5.26 Å². The molecule has 3 aromatic rings. The summed E-state index contributed by atoms with van der Waals surface area (Å²) in [6, 6.07) is 16.2. The molecular formula is C28H31N3O6. The highest BCUT2D eigenvalue weighted by atomic mass is 16.6. The van der Waals surface area contributed by atoms with Crippen LogP contribution in [0, 0.1) is 11.3 Å². The summed E-state index contributed by atoms with van der Waals surface area (Å²) in [7, 11) is 3.98. The van der Waals surface area contributed by atoms with Gasteiger partial charge >= 0.3 is 0 Å². The van der Waals surface area contributed by atoms with E-state index in [4.69, 9.17) is 9.15 Å². The summed E-state index contributed by atoms with van der Waals surface area (Å²) in [5, 5.41) is 45.1. The Morgan fingerprint density at radius 3 is 2.43 bits per heavy atom. The van der Waals surface area contributed by atoms with E-state index < -0.39 is 36.6 Å². The molecular weight excluding hydrogens is 474 g/mol. The van der Waals surface area contributed by atoms with Crippen molar-refractivity contribution in [3.05, 3.63) is 59.9 Å². The van der Waals surface area contributed by atoms with Crippen LogP contribution in [0.1, 0.15) is 26.0 Å². The third kappa shape index (κ3) is 5.24. The zero-order valence-electron chi connectivity index (χ0n) is 21.2. The first-order valence-electron chi connectivity index (χ1n) is 12.1. The van der Waals surface area contributed by atoms with Crippen molar-refractivity contribution in [2.24, 2.45) is 0 Å². The highest BCUT2D eigenvalue weighted by Crippen LogP contribution is 2.31. The molecule has 1 aliphatic rings. The molecule has 2 aromatic carbocycles. The van der Waals surface area contributed by atoms with Crippen molar-refractivity contribution >= 4 is 27.9 Å². The normalized spacial score (nSPS) is 24.3. The number of allylic oxidation sites excluding steroid dienone is 1. The minimum Gasteiger partial charge on any atom is -0.456 e. The number of anilines is 1. The number of hydrogen-bond acceptors (Lipinski definition) is 8. The van der Waals surface area contributed by atoms with Gasteiger partial charge in [-0.25, -0.2) is 0 Å². The summed E-state index contributed by atoms with van der Waals surface area (Å²) in [4.78, 5) is 14.9. The zero-order valence-corrected chi connectivity index (χ0v) is 21.2. The summed E-state index contributed by atoms with van der Waals surface area (Å²) in [6.07, 6.45) is -4.69. The molecule has 4 rings (SSSR count). The SMILES string of the molecule is CC[C@H]1OC(O)C(NC(=O)/C(C#N)=C(\C)c2ccc(-c3ccc4cc(N(C)C)ccc4c3)o2)[C@@H](O)[C@@H]1O. The van der Waals surface area contributed by atoms with Crippen LogP contribution in [0.25, 0.3) is 27.7 Å². The largest absolute Gasteiger partial charge is 0.456 e. The Hall–Kier alpha value is -3.68. The molecule has 0 aliphatic carbocycles. The summed E-state index contributed by atoms with van der Waals surface area (Å²) in [5.74, 6) is 0.0805. The Labute approximate surface area is 215 Å². The number of benzene rings is 2. The van der Waals surface area contributed by atoms with Crippen LogP contribution in [0.5, 0.6) is 0 Å². The molecule has 4 N–H and O–H groups in total. The van der Waals surface area contributed by atoms with Crippen molar-refractivity contribution in [3.63, 3.8) is 0 Å². The summed E-state index contributed by atoms with van der Waals surface area (Å²) < 4.78 is 11.3. The fourth-order valence-corrected chi connectivity index (χ4v) is 4.45. The minimum atomic E-state index is -1.54. The van der Waals surface area contributed by atoms with Gasteiger partial charge in [0.05, 0.1) is 6.10 Å². The predicted octanol–water partition coefficient (Wildman–Crippen LogP) is 2.80. The Kier molecular flexibility index (Phi) is 7.66. The second-order valence-electron chi connectivity index (χ2n) is 9.37. The number of nitrogens with zero attached hydrogens (tertiary/aromatic N) is 2. The number of carbonyl (C=O) groups excluding carboxylic acids is 1. The lowest BCUT2D eigenvalue weighted by atomic mass is 9.95. The van der Waals surface area contributed by atoms with E-state index in [-0.39, 0.29) is 11.1 Å². The van der Waals surface area contributed by atoms with E-state index in [0.717, 1.165) is 22.0 Å². The Morgan fingerprint density at radius 2 is 1.76 bits per heavy atom. The minimum absolute atomic E-state index is 0.248. The van der Waals surface area contributed by atoms with Crippen LogP contribution in [0.4, 0.5) is 5.69 Å². The predicted molar refractivity (Wildman–Crippen MR) is 139 cm³/mol. The Morgan fingerprint density at radius 1 is 1.05 bits per heavy atom. The first-order chi connectivity index (χ1) is 17.6. The number of rotatable bonds is 6. The lowest BCUT2D eigenvalue weighted by Crippen LogP contribution is -2.63. The van der Waals surface area contributed by atoms with Crippen LogP contribution in [-0.4, -0.2) is 66.0 Å². The van der Waals surface area contributed by atoms with E-state index in [2.05, 4.69) is 11.4 Å². The second-order valence-corrected chi connectivity index (χ2v) is 9.37. The maximum atomic E-state index is 12.9. The molecule has 1 aromatic heterocycles. The number of hydrogen-bond donors (Lipinski definition) is 4. The van der Waals surface area contributed by atoms with Crippen LogP contribution >= 0.6 is 0 Å². The van der Waals surface area contributed by atoms with Gasteiger partial charge in [-0.3, -0.25) is 4.79 Å². The topological polar surface area (TPSA) is 139 Å². The molecule has 1 amide bonds. The van der Waals surface area contributed by atoms with Crippen molar-refractivity contribution in [1.29, 1.82) is 5.26 Å². The van der Waals surface area contributed by atoms with Crippen LogP contribution in [-0.2, 0) is 9.53 Å². The molecule has 37 heavy (non-hydrogen) atoms. The number of fused-ring (bicyclic) bond motifs is 1. The molecule has 0 bridgehead atoms. The van der Waals surface area contributed by atoms with E-state index in [9.17, 15) is 25.4 Å². The van der Waals surface area contributed by atoms with Gasteiger partial charge in [0, 0.05) is 30.9 Å². The number of nitrogens with one attached hydrogen (secondary N) is 1. The molecule has 1 saturated heterocycles. The van der Waals surface area contributed by atoms with E-state index in [1.165, 1.54) is 0 Å². The second kappa shape index (κ2) is 10.7. The number of ether oxygens (including phenoxy) is 1. The van der Waals surface area contributed by atoms with Crippen LogP contribution < -0.4 is 10.2 Å². The lowest BCUT2D eigenvalue weighted by Gasteiger charge is -2.40.